The van der Waals surface area contributed by atoms with Gasteiger partial charge in [0.1, 0.15) is 11.6 Å². The van der Waals surface area contributed by atoms with E-state index in [0.717, 1.165) is 24.8 Å². The lowest BCUT2D eigenvalue weighted by molar-refractivity contribution is 0.252. The maximum absolute atomic E-state index is 13.7. The van der Waals surface area contributed by atoms with Gasteiger partial charge in [0.15, 0.2) is 0 Å². The Balaban J connectivity index is 1.83. The SMILES string of the molecule is CCCCC1CCC(C(Cl)Cc2ccc(F)cc2F)CC1. The Hall–Kier alpha value is -0.630. The van der Waals surface area contributed by atoms with Gasteiger partial charge in [0.2, 0.25) is 0 Å². The number of hydrogen-bond acceptors (Lipinski definition) is 0. The van der Waals surface area contributed by atoms with E-state index in [9.17, 15) is 8.78 Å². The van der Waals surface area contributed by atoms with Crippen molar-refractivity contribution in [3.05, 3.63) is 35.4 Å². The number of alkyl halides is 1. The zero-order chi connectivity index (χ0) is 15.2. The predicted molar refractivity (Wildman–Crippen MR) is 84.7 cm³/mol. The molecule has 0 aliphatic heterocycles. The summed E-state index contributed by atoms with van der Waals surface area (Å²) in [5.74, 6) is 0.317. The topological polar surface area (TPSA) is 0 Å². The molecule has 0 N–H and O–H groups in total. The van der Waals surface area contributed by atoms with Crippen LogP contribution >= 0.6 is 11.6 Å². The predicted octanol–water partition coefficient (Wildman–Crippen LogP) is 6.11. The van der Waals surface area contributed by atoms with Gasteiger partial charge < -0.3 is 0 Å². The van der Waals surface area contributed by atoms with E-state index in [0.29, 0.717) is 17.9 Å². The summed E-state index contributed by atoms with van der Waals surface area (Å²) in [5, 5.41) is -0.0444. The second-order valence-electron chi connectivity index (χ2n) is 6.38. The normalized spacial score (nSPS) is 24.0. The van der Waals surface area contributed by atoms with Crippen LogP contribution in [0.15, 0.2) is 18.2 Å². The van der Waals surface area contributed by atoms with E-state index in [-0.39, 0.29) is 5.38 Å². The molecule has 0 amide bonds. The zero-order valence-electron chi connectivity index (χ0n) is 12.8. The molecule has 118 valence electrons. The monoisotopic (exact) mass is 314 g/mol. The largest absolute Gasteiger partial charge is 0.207 e. The van der Waals surface area contributed by atoms with E-state index in [1.165, 1.54) is 44.2 Å². The standard InChI is InChI=1S/C18H25ClF2/c1-2-3-4-13-5-7-14(8-6-13)17(19)11-15-9-10-16(20)12-18(15)21/h9-10,12-14,17H,2-8,11H2,1H3. The summed E-state index contributed by atoms with van der Waals surface area (Å²) in [4.78, 5) is 0. The fourth-order valence-electron chi connectivity index (χ4n) is 3.40. The summed E-state index contributed by atoms with van der Waals surface area (Å²) in [5.41, 5.74) is 0.532. The first kappa shape index (κ1) is 16.7. The highest BCUT2D eigenvalue weighted by molar-refractivity contribution is 6.20. The highest BCUT2D eigenvalue weighted by Crippen LogP contribution is 2.36. The highest BCUT2D eigenvalue weighted by atomic mass is 35.5. The minimum Gasteiger partial charge on any atom is -0.207 e. The van der Waals surface area contributed by atoms with Crippen molar-refractivity contribution in [2.75, 3.05) is 0 Å². The summed E-state index contributed by atoms with van der Waals surface area (Å²) >= 11 is 6.50. The molecular weight excluding hydrogens is 290 g/mol. The van der Waals surface area contributed by atoms with E-state index >= 15 is 0 Å². The summed E-state index contributed by atoms with van der Waals surface area (Å²) < 4.78 is 26.6. The molecule has 2 rings (SSSR count). The molecule has 0 heterocycles. The van der Waals surface area contributed by atoms with Gasteiger partial charge in [-0.3, -0.25) is 0 Å². The molecule has 1 unspecified atom stereocenters. The maximum atomic E-state index is 13.7. The average molecular weight is 315 g/mol. The Bertz CT molecular complexity index is 439. The minimum atomic E-state index is -0.529. The van der Waals surface area contributed by atoms with Crippen LogP contribution in [0, 0.1) is 23.5 Å². The molecule has 1 aromatic carbocycles. The van der Waals surface area contributed by atoms with Gasteiger partial charge >= 0.3 is 0 Å². The van der Waals surface area contributed by atoms with Crippen molar-refractivity contribution >= 4 is 11.6 Å². The fourth-order valence-corrected chi connectivity index (χ4v) is 3.81. The van der Waals surface area contributed by atoms with Gasteiger partial charge in [0, 0.05) is 11.4 Å². The lowest BCUT2D eigenvalue weighted by Crippen LogP contribution is -2.24. The molecule has 0 aromatic heterocycles. The Morgan fingerprint density at radius 1 is 1.19 bits per heavy atom. The highest BCUT2D eigenvalue weighted by Gasteiger charge is 2.26. The molecule has 1 aromatic rings. The van der Waals surface area contributed by atoms with Crippen LogP contribution in [0.2, 0.25) is 0 Å². The molecule has 0 nitrogen and oxygen atoms in total. The number of hydrogen-bond donors (Lipinski definition) is 0. The molecule has 1 saturated carbocycles. The Kier molecular flexibility index (Phi) is 6.47. The van der Waals surface area contributed by atoms with Crippen molar-refractivity contribution in [3.8, 4) is 0 Å². The molecule has 0 radical (unpaired) electrons. The summed E-state index contributed by atoms with van der Waals surface area (Å²) in [6.07, 6.45) is 9.21. The first-order valence-corrected chi connectivity index (χ1v) is 8.61. The van der Waals surface area contributed by atoms with Crippen molar-refractivity contribution in [2.24, 2.45) is 11.8 Å². The summed E-state index contributed by atoms with van der Waals surface area (Å²) in [7, 11) is 0. The van der Waals surface area contributed by atoms with E-state index in [1.807, 2.05) is 0 Å². The van der Waals surface area contributed by atoms with E-state index < -0.39 is 11.6 Å². The second-order valence-corrected chi connectivity index (χ2v) is 6.94. The number of rotatable bonds is 6. The average Bonchev–Trinajstić information content (AvgIpc) is 2.48. The summed E-state index contributed by atoms with van der Waals surface area (Å²) in [6.45, 7) is 2.23. The van der Waals surface area contributed by atoms with Crippen LogP contribution in [-0.4, -0.2) is 5.38 Å². The zero-order valence-corrected chi connectivity index (χ0v) is 13.5. The molecular formula is C18H25ClF2. The Labute approximate surface area is 131 Å². The van der Waals surface area contributed by atoms with Gasteiger partial charge in [-0.25, -0.2) is 8.78 Å². The van der Waals surface area contributed by atoms with Crippen LogP contribution in [0.1, 0.15) is 57.4 Å². The molecule has 1 atom stereocenters. The number of benzene rings is 1. The van der Waals surface area contributed by atoms with Gasteiger partial charge in [-0.15, -0.1) is 11.6 Å². The van der Waals surface area contributed by atoms with Gasteiger partial charge in [-0.2, -0.15) is 0 Å². The second kappa shape index (κ2) is 8.12. The van der Waals surface area contributed by atoms with Gasteiger partial charge in [-0.05, 0) is 42.7 Å². The third kappa shape index (κ3) is 4.95. The first-order valence-electron chi connectivity index (χ1n) is 8.18. The minimum absolute atomic E-state index is 0.0444. The molecule has 1 aliphatic rings. The van der Waals surface area contributed by atoms with E-state index in [1.54, 1.807) is 0 Å². The molecule has 3 heteroatoms. The summed E-state index contributed by atoms with van der Waals surface area (Å²) in [6, 6.07) is 3.77. The molecule has 21 heavy (non-hydrogen) atoms. The maximum Gasteiger partial charge on any atom is 0.129 e. The van der Waals surface area contributed by atoms with Crippen LogP contribution < -0.4 is 0 Å². The van der Waals surface area contributed by atoms with Gasteiger partial charge in [0.05, 0.1) is 0 Å². The smallest absolute Gasteiger partial charge is 0.129 e. The lowest BCUT2D eigenvalue weighted by atomic mass is 9.77. The molecule has 0 spiro atoms. The third-order valence-electron chi connectivity index (χ3n) is 4.80. The van der Waals surface area contributed by atoms with Gasteiger partial charge in [-0.1, -0.05) is 45.1 Å². The molecule has 1 fully saturated rings. The first-order chi connectivity index (χ1) is 10.1. The number of halogens is 3. The quantitative estimate of drug-likeness (QED) is 0.555. The van der Waals surface area contributed by atoms with Crippen LogP contribution in [0.5, 0.6) is 0 Å². The third-order valence-corrected chi connectivity index (χ3v) is 5.31. The lowest BCUT2D eigenvalue weighted by Gasteiger charge is -2.31. The van der Waals surface area contributed by atoms with Crippen LogP contribution in [0.25, 0.3) is 0 Å². The fraction of sp³-hybridized carbons (Fsp3) is 0.667. The van der Waals surface area contributed by atoms with Crippen molar-refractivity contribution in [1.82, 2.24) is 0 Å². The van der Waals surface area contributed by atoms with Gasteiger partial charge in [0.25, 0.3) is 0 Å². The molecule has 0 saturated heterocycles. The Morgan fingerprint density at radius 2 is 1.90 bits per heavy atom. The van der Waals surface area contributed by atoms with Crippen molar-refractivity contribution in [2.45, 2.75) is 63.7 Å². The van der Waals surface area contributed by atoms with Crippen molar-refractivity contribution < 1.29 is 8.78 Å². The van der Waals surface area contributed by atoms with Crippen LogP contribution in [0.4, 0.5) is 8.78 Å². The van der Waals surface area contributed by atoms with E-state index in [2.05, 4.69) is 6.92 Å². The van der Waals surface area contributed by atoms with E-state index in [4.69, 9.17) is 11.6 Å². The Morgan fingerprint density at radius 3 is 2.52 bits per heavy atom. The van der Waals surface area contributed by atoms with Crippen LogP contribution in [0.3, 0.4) is 0 Å². The number of unbranched alkanes of at least 4 members (excludes halogenated alkanes) is 1. The van der Waals surface area contributed by atoms with Crippen molar-refractivity contribution in [3.63, 3.8) is 0 Å². The molecule has 1 aliphatic carbocycles. The van der Waals surface area contributed by atoms with Crippen molar-refractivity contribution in [1.29, 1.82) is 0 Å². The molecule has 0 bridgehead atoms. The van der Waals surface area contributed by atoms with Crippen LogP contribution in [-0.2, 0) is 6.42 Å².